The molecule has 0 fully saturated rings. The zero-order chi connectivity index (χ0) is 49.9. The summed E-state index contributed by atoms with van der Waals surface area (Å²) in [7, 11) is 0. The molecule has 15 nitrogen and oxygen atoms in total. The molecule has 15 heteroatoms. The number of urea groups is 1. The molecule has 66 heavy (non-hydrogen) atoms. The highest BCUT2D eigenvalue weighted by Crippen LogP contribution is 2.24. The van der Waals surface area contributed by atoms with Crippen LogP contribution in [0.5, 0.6) is 5.75 Å². The highest BCUT2D eigenvalue weighted by atomic mass is 16.6. The second-order valence-electron chi connectivity index (χ2n) is 20.8. The van der Waals surface area contributed by atoms with Gasteiger partial charge in [0.15, 0.2) is 6.61 Å². The van der Waals surface area contributed by atoms with E-state index in [1.807, 2.05) is 51.1 Å². The van der Waals surface area contributed by atoms with Crippen LogP contribution in [0.1, 0.15) is 146 Å². The van der Waals surface area contributed by atoms with Crippen molar-refractivity contribution in [1.29, 1.82) is 0 Å². The topological polar surface area (TPSA) is 205 Å². The van der Waals surface area contributed by atoms with Crippen LogP contribution in [0.15, 0.2) is 54.6 Å². The molecule has 2 aromatic carbocycles. The maximum atomic E-state index is 13.6. The summed E-state index contributed by atoms with van der Waals surface area (Å²) in [6, 6.07) is 13.4. The maximum Gasteiger partial charge on any atom is 0.329 e. The van der Waals surface area contributed by atoms with Gasteiger partial charge in [0.25, 0.3) is 5.91 Å². The number of Topliss-reactive ketones (excluding diaryl/α,β-unsaturated/α-hetero) is 1. The first kappa shape index (κ1) is 56.7. The molecular formula is C51H78N4O11. The second kappa shape index (κ2) is 26.0. The smallest absolute Gasteiger partial charge is 0.329 e. The highest BCUT2D eigenvalue weighted by molar-refractivity contribution is 5.88. The number of rotatable bonds is 24. The van der Waals surface area contributed by atoms with Gasteiger partial charge in [0.05, 0.1) is 5.92 Å². The molecule has 0 aliphatic heterocycles. The van der Waals surface area contributed by atoms with E-state index >= 15 is 0 Å². The standard InChI is InChI=1S/C51H78N4O11/c1-14-37(56)32-36(45(60)65-50(8,9)10)30-35-23-25-38(26-24-35)63-33-42(57)53-40(31-34-20-16-15-17-21-34)44(59)52-29-19-18-22-41(48(2,3)4)55-47(62)54-39(46(61)66-51(11,12)13)27-28-43(58)64-49(5,6)7/h15-17,20-21,23-26,36,39-41H,14,18-19,22,27-33H2,1-13H3,(H,52,59)(H,53,57)(H2,54,55,62)/t36-,39+,40+,41+/m1/s1. The summed E-state index contributed by atoms with van der Waals surface area (Å²) < 4.78 is 22.3. The Hall–Kier alpha value is -5.47. The third-order valence-corrected chi connectivity index (χ3v) is 9.94. The quantitative estimate of drug-likeness (QED) is 0.0461. The predicted octanol–water partition coefficient (Wildman–Crippen LogP) is 7.50. The van der Waals surface area contributed by atoms with Gasteiger partial charge < -0.3 is 40.2 Å². The molecule has 0 spiro atoms. The lowest BCUT2D eigenvalue weighted by Crippen LogP contribution is -2.53. The number of ether oxygens (including phenoxy) is 4. The molecule has 2 aromatic rings. The van der Waals surface area contributed by atoms with E-state index in [-0.39, 0.29) is 55.4 Å². The van der Waals surface area contributed by atoms with E-state index in [9.17, 15) is 33.6 Å². The molecule has 0 saturated heterocycles. The third-order valence-electron chi connectivity index (χ3n) is 9.94. The van der Waals surface area contributed by atoms with E-state index in [2.05, 4.69) is 21.3 Å². The third kappa shape index (κ3) is 24.2. The molecule has 0 aliphatic rings. The molecule has 368 valence electrons. The molecule has 0 radical (unpaired) electrons. The van der Waals surface area contributed by atoms with Crippen molar-refractivity contribution in [2.45, 2.75) is 183 Å². The Kier molecular flexibility index (Phi) is 22.3. The van der Waals surface area contributed by atoms with E-state index in [0.717, 1.165) is 11.1 Å². The minimum Gasteiger partial charge on any atom is -0.484 e. The summed E-state index contributed by atoms with van der Waals surface area (Å²) in [5.41, 5.74) is -0.897. The zero-order valence-corrected chi connectivity index (χ0v) is 41.8. The van der Waals surface area contributed by atoms with Crippen molar-refractivity contribution >= 4 is 41.5 Å². The van der Waals surface area contributed by atoms with Crippen molar-refractivity contribution in [2.75, 3.05) is 13.2 Å². The number of carbonyl (C=O) groups excluding carboxylic acids is 7. The fourth-order valence-corrected chi connectivity index (χ4v) is 6.66. The minimum absolute atomic E-state index is 0.00523. The Morgan fingerprint density at radius 2 is 1.18 bits per heavy atom. The van der Waals surface area contributed by atoms with E-state index < -0.39 is 64.7 Å². The Morgan fingerprint density at radius 3 is 1.74 bits per heavy atom. The van der Waals surface area contributed by atoms with Crippen molar-refractivity contribution in [3.8, 4) is 5.75 Å². The fourth-order valence-electron chi connectivity index (χ4n) is 6.66. The van der Waals surface area contributed by atoms with Crippen LogP contribution in [0.25, 0.3) is 0 Å². The van der Waals surface area contributed by atoms with Gasteiger partial charge in [-0.25, -0.2) is 9.59 Å². The van der Waals surface area contributed by atoms with Crippen molar-refractivity contribution in [1.82, 2.24) is 21.3 Å². The number of benzene rings is 2. The van der Waals surface area contributed by atoms with Gasteiger partial charge in [0.2, 0.25) is 5.91 Å². The van der Waals surface area contributed by atoms with Crippen molar-refractivity contribution < 1.29 is 52.5 Å². The first-order chi connectivity index (χ1) is 30.5. The van der Waals surface area contributed by atoms with Gasteiger partial charge in [-0.3, -0.25) is 24.0 Å². The lowest BCUT2D eigenvalue weighted by Gasteiger charge is -2.32. The Morgan fingerprint density at radius 1 is 0.606 bits per heavy atom. The zero-order valence-electron chi connectivity index (χ0n) is 41.8. The van der Waals surface area contributed by atoms with Crippen molar-refractivity contribution in [3.05, 3.63) is 65.7 Å². The van der Waals surface area contributed by atoms with E-state index in [1.165, 1.54) is 0 Å². The van der Waals surface area contributed by atoms with Crippen LogP contribution in [0.4, 0.5) is 4.79 Å². The van der Waals surface area contributed by atoms with Crippen molar-refractivity contribution in [2.24, 2.45) is 11.3 Å². The van der Waals surface area contributed by atoms with Crippen LogP contribution < -0.4 is 26.0 Å². The molecule has 4 atom stereocenters. The van der Waals surface area contributed by atoms with E-state index in [4.69, 9.17) is 18.9 Å². The van der Waals surface area contributed by atoms with Crippen LogP contribution >= 0.6 is 0 Å². The number of hydrogen-bond acceptors (Lipinski definition) is 11. The fraction of sp³-hybridized carbons (Fsp3) is 0.627. The first-order valence-corrected chi connectivity index (χ1v) is 23.1. The lowest BCUT2D eigenvalue weighted by atomic mass is 9.84. The Bertz CT molecular complexity index is 1890. The highest BCUT2D eigenvalue weighted by Gasteiger charge is 2.32. The van der Waals surface area contributed by atoms with E-state index in [0.29, 0.717) is 44.4 Å². The molecule has 0 unspecified atom stereocenters. The van der Waals surface area contributed by atoms with Gasteiger partial charge in [-0.05, 0) is 123 Å². The largest absolute Gasteiger partial charge is 0.484 e. The first-order valence-electron chi connectivity index (χ1n) is 23.1. The molecular weight excluding hydrogens is 845 g/mol. The number of ketones is 1. The van der Waals surface area contributed by atoms with Gasteiger partial charge in [-0.1, -0.05) is 70.2 Å². The molecule has 0 aliphatic carbocycles. The molecule has 0 aromatic heterocycles. The monoisotopic (exact) mass is 923 g/mol. The summed E-state index contributed by atoms with van der Waals surface area (Å²) in [6.07, 6.45) is 2.64. The van der Waals surface area contributed by atoms with Crippen LogP contribution in [-0.2, 0) is 55.8 Å². The van der Waals surface area contributed by atoms with Crippen LogP contribution in [0, 0.1) is 11.3 Å². The average Bonchev–Trinajstić information content (AvgIpc) is 3.18. The summed E-state index contributed by atoms with van der Waals surface area (Å²) in [6.45, 7) is 23.5. The van der Waals surface area contributed by atoms with Gasteiger partial charge in [0.1, 0.15) is 40.4 Å². The van der Waals surface area contributed by atoms with Crippen LogP contribution in [-0.4, -0.2) is 89.6 Å². The molecule has 4 amide bonds. The lowest BCUT2D eigenvalue weighted by molar-refractivity contribution is -0.161. The number of amides is 4. The van der Waals surface area contributed by atoms with Crippen molar-refractivity contribution in [3.63, 3.8) is 0 Å². The number of unbranched alkanes of at least 4 members (excludes halogenated alkanes) is 1. The maximum absolute atomic E-state index is 13.6. The number of carbonyl (C=O) groups is 7. The molecule has 4 N–H and O–H groups in total. The number of nitrogens with one attached hydrogen (secondary N) is 4. The summed E-state index contributed by atoms with van der Waals surface area (Å²) in [4.78, 5) is 90.8. The summed E-state index contributed by atoms with van der Waals surface area (Å²) in [5, 5.41) is 11.5. The van der Waals surface area contributed by atoms with Gasteiger partial charge in [0, 0.05) is 38.3 Å². The van der Waals surface area contributed by atoms with Gasteiger partial charge in [-0.2, -0.15) is 0 Å². The Balaban J connectivity index is 2.01. The summed E-state index contributed by atoms with van der Waals surface area (Å²) in [5.74, 6) is -2.67. The number of hydrogen-bond donors (Lipinski definition) is 4. The minimum atomic E-state index is -1.09. The molecule has 0 saturated carbocycles. The SMILES string of the molecule is CCC(=O)C[C@@H](Cc1ccc(OCC(=O)N[C@@H](Cc2ccccc2)C(=O)NCCCC[C@H](NC(=O)N[C@@H](CCC(=O)OC(C)(C)C)C(=O)OC(C)(C)C)C(C)(C)C)cc1)C(=O)OC(C)(C)C. The van der Waals surface area contributed by atoms with Crippen LogP contribution in [0.3, 0.4) is 0 Å². The second-order valence-corrected chi connectivity index (χ2v) is 20.8. The predicted molar refractivity (Wildman–Crippen MR) is 253 cm³/mol. The van der Waals surface area contributed by atoms with Gasteiger partial charge in [-0.15, -0.1) is 0 Å². The van der Waals surface area contributed by atoms with Crippen LogP contribution in [0.2, 0.25) is 0 Å². The summed E-state index contributed by atoms with van der Waals surface area (Å²) >= 11 is 0. The molecule has 2 rings (SSSR count). The van der Waals surface area contributed by atoms with Gasteiger partial charge >= 0.3 is 23.9 Å². The number of esters is 3. The normalized spacial score (nSPS) is 13.8. The van der Waals surface area contributed by atoms with E-state index in [1.54, 1.807) is 93.5 Å². The molecule has 0 heterocycles. The molecule has 0 bridgehead atoms. The Labute approximate surface area is 393 Å². The average molecular weight is 923 g/mol.